The standard InChI is InChI=1S/C11H19N3/c12-7-10(13)5-6-14(11-3-4-11)8-9-1-2-9/h9-11H,1-6,8,13H2. The highest BCUT2D eigenvalue weighted by Gasteiger charge is 2.33. The number of hydrogen-bond acceptors (Lipinski definition) is 3. The molecule has 0 aromatic heterocycles. The zero-order valence-electron chi connectivity index (χ0n) is 8.65. The molecule has 2 saturated carbocycles. The maximum Gasteiger partial charge on any atom is 0.0940 e. The number of rotatable bonds is 6. The Hall–Kier alpha value is -0.590. The Morgan fingerprint density at radius 3 is 2.57 bits per heavy atom. The van der Waals surface area contributed by atoms with Gasteiger partial charge in [0.05, 0.1) is 12.1 Å². The molecule has 2 aliphatic carbocycles. The van der Waals surface area contributed by atoms with E-state index in [0.717, 1.165) is 24.9 Å². The van der Waals surface area contributed by atoms with Crippen LogP contribution in [0.25, 0.3) is 0 Å². The summed E-state index contributed by atoms with van der Waals surface area (Å²) in [7, 11) is 0. The summed E-state index contributed by atoms with van der Waals surface area (Å²) < 4.78 is 0. The third-order valence-electron chi connectivity index (χ3n) is 3.15. The van der Waals surface area contributed by atoms with E-state index in [1.54, 1.807) is 0 Å². The van der Waals surface area contributed by atoms with Crippen LogP contribution in [-0.4, -0.2) is 30.1 Å². The van der Waals surface area contributed by atoms with Crippen molar-refractivity contribution >= 4 is 0 Å². The smallest absolute Gasteiger partial charge is 0.0940 e. The number of nitrogens with two attached hydrogens (primary N) is 1. The van der Waals surface area contributed by atoms with Gasteiger partial charge in [0.1, 0.15) is 0 Å². The SMILES string of the molecule is N#CC(N)CCN(CC1CC1)C1CC1. The summed E-state index contributed by atoms with van der Waals surface area (Å²) in [6.45, 7) is 2.28. The van der Waals surface area contributed by atoms with Gasteiger partial charge < -0.3 is 10.6 Å². The van der Waals surface area contributed by atoms with E-state index in [-0.39, 0.29) is 6.04 Å². The van der Waals surface area contributed by atoms with Crippen LogP contribution < -0.4 is 5.73 Å². The predicted octanol–water partition coefficient (Wildman–Crippen LogP) is 1.10. The molecular weight excluding hydrogens is 174 g/mol. The highest BCUT2D eigenvalue weighted by Crippen LogP contribution is 2.34. The van der Waals surface area contributed by atoms with Crippen LogP contribution in [0.15, 0.2) is 0 Å². The normalized spacial score (nSPS) is 23.5. The van der Waals surface area contributed by atoms with Crippen LogP contribution in [-0.2, 0) is 0 Å². The summed E-state index contributed by atoms with van der Waals surface area (Å²) in [6.07, 6.45) is 6.36. The Morgan fingerprint density at radius 1 is 1.36 bits per heavy atom. The lowest BCUT2D eigenvalue weighted by molar-refractivity contribution is 0.247. The molecular formula is C11H19N3. The van der Waals surface area contributed by atoms with E-state index < -0.39 is 0 Å². The van der Waals surface area contributed by atoms with Gasteiger partial charge in [-0.1, -0.05) is 0 Å². The molecule has 78 valence electrons. The summed E-state index contributed by atoms with van der Waals surface area (Å²) in [6, 6.07) is 2.65. The summed E-state index contributed by atoms with van der Waals surface area (Å²) in [5.41, 5.74) is 5.60. The fraction of sp³-hybridized carbons (Fsp3) is 0.909. The lowest BCUT2D eigenvalue weighted by Gasteiger charge is -2.22. The molecule has 2 fully saturated rings. The summed E-state index contributed by atoms with van der Waals surface area (Å²) in [5.74, 6) is 0.953. The van der Waals surface area contributed by atoms with Crippen molar-refractivity contribution in [2.75, 3.05) is 13.1 Å². The molecule has 0 saturated heterocycles. The first-order chi connectivity index (χ1) is 6.79. The minimum Gasteiger partial charge on any atom is -0.316 e. The number of nitriles is 1. The van der Waals surface area contributed by atoms with Crippen LogP contribution >= 0.6 is 0 Å². The Labute approximate surface area is 85.9 Å². The van der Waals surface area contributed by atoms with Crippen LogP contribution in [0, 0.1) is 17.2 Å². The van der Waals surface area contributed by atoms with Crippen LogP contribution in [0.5, 0.6) is 0 Å². The second-order valence-electron chi connectivity index (χ2n) is 4.69. The van der Waals surface area contributed by atoms with Crippen LogP contribution in [0.2, 0.25) is 0 Å². The monoisotopic (exact) mass is 193 g/mol. The lowest BCUT2D eigenvalue weighted by atomic mass is 10.2. The fourth-order valence-electron chi connectivity index (χ4n) is 1.86. The van der Waals surface area contributed by atoms with Crippen molar-refractivity contribution in [3.63, 3.8) is 0 Å². The van der Waals surface area contributed by atoms with Gasteiger partial charge in [0.2, 0.25) is 0 Å². The molecule has 0 bridgehead atoms. The highest BCUT2D eigenvalue weighted by atomic mass is 15.2. The van der Waals surface area contributed by atoms with Crippen LogP contribution in [0.1, 0.15) is 32.1 Å². The zero-order valence-corrected chi connectivity index (χ0v) is 8.65. The van der Waals surface area contributed by atoms with E-state index in [9.17, 15) is 0 Å². The Bertz CT molecular complexity index is 225. The molecule has 0 heterocycles. The molecule has 3 nitrogen and oxygen atoms in total. The average Bonchev–Trinajstić information content (AvgIpc) is 3.02. The van der Waals surface area contributed by atoms with Crippen molar-refractivity contribution < 1.29 is 0 Å². The Kier molecular flexibility index (Phi) is 3.05. The van der Waals surface area contributed by atoms with E-state index in [1.165, 1.54) is 32.2 Å². The third-order valence-corrected chi connectivity index (χ3v) is 3.15. The zero-order chi connectivity index (χ0) is 9.97. The second-order valence-corrected chi connectivity index (χ2v) is 4.69. The number of nitrogens with zero attached hydrogens (tertiary/aromatic N) is 2. The van der Waals surface area contributed by atoms with Crippen molar-refractivity contribution in [2.24, 2.45) is 11.7 Å². The van der Waals surface area contributed by atoms with Crippen molar-refractivity contribution in [1.82, 2.24) is 4.90 Å². The topological polar surface area (TPSA) is 53.1 Å². The lowest BCUT2D eigenvalue weighted by Crippen LogP contribution is -2.33. The van der Waals surface area contributed by atoms with E-state index in [1.807, 2.05) is 0 Å². The quantitative estimate of drug-likeness (QED) is 0.687. The van der Waals surface area contributed by atoms with Gasteiger partial charge in [-0.25, -0.2) is 0 Å². The minimum absolute atomic E-state index is 0.268. The van der Waals surface area contributed by atoms with E-state index in [2.05, 4.69) is 11.0 Å². The summed E-state index contributed by atoms with van der Waals surface area (Å²) in [4.78, 5) is 2.55. The van der Waals surface area contributed by atoms with Gasteiger partial charge in [-0.15, -0.1) is 0 Å². The molecule has 0 aromatic rings. The molecule has 0 aliphatic heterocycles. The first-order valence-electron chi connectivity index (χ1n) is 5.69. The summed E-state index contributed by atoms with van der Waals surface area (Å²) in [5, 5.41) is 8.60. The minimum atomic E-state index is -0.268. The molecule has 3 heteroatoms. The van der Waals surface area contributed by atoms with Crippen molar-refractivity contribution in [3.8, 4) is 6.07 Å². The van der Waals surface area contributed by atoms with Gasteiger partial charge in [0.25, 0.3) is 0 Å². The van der Waals surface area contributed by atoms with Crippen molar-refractivity contribution in [2.45, 2.75) is 44.2 Å². The van der Waals surface area contributed by atoms with Crippen molar-refractivity contribution in [1.29, 1.82) is 5.26 Å². The van der Waals surface area contributed by atoms with E-state index in [0.29, 0.717) is 0 Å². The molecule has 0 aromatic carbocycles. The van der Waals surface area contributed by atoms with Gasteiger partial charge >= 0.3 is 0 Å². The van der Waals surface area contributed by atoms with Gasteiger partial charge in [0.15, 0.2) is 0 Å². The van der Waals surface area contributed by atoms with Gasteiger partial charge in [0, 0.05) is 19.1 Å². The highest BCUT2D eigenvalue weighted by molar-refractivity contribution is 4.91. The Balaban J connectivity index is 1.70. The summed E-state index contributed by atoms with van der Waals surface area (Å²) >= 11 is 0. The van der Waals surface area contributed by atoms with Crippen LogP contribution in [0.4, 0.5) is 0 Å². The first kappa shape index (κ1) is 9.95. The van der Waals surface area contributed by atoms with Gasteiger partial charge in [-0.3, -0.25) is 0 Å². The molecule has 0 spiro atoms. The fourth-order valence-corrected chi connectivity index (χ4v) is 1.86. The first-order valence-corrected chi connectivity index (χ1v) is 5.69. The molecule has 2 N–H and O–H groups in total. The third kappa shape index (κ3) is 2.97. The number of hydrogen-bond donors (Lipinski definition) is 1. The van der Waals surface area contributed by atoms with Crippen molar-refractivity contribution in [3.05, 3.63) is 0 Å². The largest absolute Gasteiger partial charge is 0.316 e. The maximum absolute atomic E-state index is 8.60. The second kappa shape index (κ2) is 4.29. The molecule has 1 unspecified atom stereocenters. The molecule has 1 atom stereocenters. The molecule has 2 aliphatic rings. The maximum atomic E-state index is 8.60. The average molecular weight is 193 g/mol. The van der Waals surface area contributed by atoms with Gasteiger partial charge in [-0.2, -0.15) is 5.26 Å². The molecule has 0 radical (unpaired) electrons. The van der Waals surface area contributed by atoms with Gasteiger partial charge in [-0.05, 0) is 38.0 Å². The van der Waals surface area contributed by atoms with E-state index in [4.69, 9.17) is 11.0 Å². The molecule has 14 heavy (non-hydrogen) atoms. The van der Waals surface area contributed by atoms with Crippen LogP contribution in [0.3, 0.4) is 0 Å². The Morgan fingerprint density at radius 2 is 2.07 bits per heavy atom. The predicted molar refractivity (Wildman–Crippen MR) is 55.5 cm³/mol. The molecule has 2 rings (SSSR count). The molecule has 0 amide bonds. The van der Waals surface area contributed by atoms with E-state index >= 15 is 0 Å².